The van der Waals surface area contributed by atoms with Gasteiger partial charge in [0.05, 0.1) is 13.2 Å². The highest BCUT2D eigenvalue weighted by molar-refractivity contribution is 7.47. The van der Waals surface area contributed by atoms with Crippen molar-refractivity contribution in [2.24, 2.45) is 5.73 Å². The molecule has 85 heavy (non-hydrogen) atoms. The highest BCUT2D eigenvalue weighted by Gasteiger charge is 2.26. The molecule has 0 aliphatic heterocycles. The minimum Gasteiger partial charge on any atom is -0.462 e. The van der Waals surface area contributed by atoms with Crippen molar-refractivity contribution in [3.05, 3.63) is 109 Å². The second kappa shape index (κ2) is 69.8. The third-order valence-corrected chi connectivity index (χ3v) is 16.2. The molecule has 0 saturated carbocycles. The maximum atomic E-state index is 12.7. The van der Waals surface area contributed by atoms with E-state index in [9.17, 15) is 19.0 Å². The summed E-state index contributed by atoms with van der Waals surface area (Å²) in [5, 5.41) is 0. The lowest BCUT2D eigenvalue weighted by atomic mass is 10.0. The Kier molecular flexibility index (Phi) is 67.0. The van der Waals surface area contributed by atoms with Crippen molar-refractivity contribution in [3.8, 4) is 0 Å². The Bertz CT molecular complexity index is 1760. The topological polar surface area (TPSA) is 134 Å². The summed E-state index contributed by atoms with van der Waals surface area (Å²) in [4.78, 5) is 35.3. The summed E-state index contributed by atoms with van der Waals surface area (Å²) in [5.74, 6) is -0.893. The van der Waals surface area contributed by atoms with Gasteiger partial charge in [0.15, 0.2) is 6.10 Å². The molecule has 10 heteroatoms. The summed E-state index contributed by atoms with van der Waals surface area (Å²) < 4.78 is 33.1. The number of hydrogen-bond acceptors (Lipinski definition) is 8. The predicted molar refractivity (Wildman–Crippen MR) is 367 cm³/mol. The summed E-state index contributed by atoms with van der Waals surface area (Å²) in [6.07, 6.45) is 96.4. The van der Waals surface area contributed by atoms with Crippen molar-refractivity contribution in [1.29, 1.82) is 0 Å². The number of unbranched alkanes of at least 4 members (excludes halogenated alkanes) is 35. The van der Waals surface area contributed by atoms with Crippen molar-refractivity contribution in [2.75, 3.05) is 26.4 Å². The fourth-order valence-corrected chi connectivity index (χ4v) is 10.8. The molecule has 0 saturated heterocycles. The van der Waals surface area contributed by atoms with Gasteiger partial charge in [0.25, 0.3) is 0 Å². The summed E-state index contributed by atoms with van der Waals surface area (Å²) in [5.41, 5.74) is 5.39. The number of rotatable bonds is 66. The van der Waals surface area contributed by atoms with Crippen LogP contribution in [0.3, 0.4) is 0 Å². The van der Waals surface area contributed by atoms with Crippen LogP contribution in [0, 0.1) is 0 Å². The van der Waals surface area contributed by atoms with Gasteiger partial charge in [0.1, 0.15) is 6.61 Å². The van der Waals surface area contributed by atoms with E-state index in [0.29, 0.717) is 12.8 Å². The molecule has 2 atom stereocenters. The molecule has 0 heterocycles. The van der Waals surface area contributed by atoms with Crippen LogP contribution in [0.1, 0.15) is 322 Å². The first-order valence-electron chi connectivity index (χ1n) is 35.4. The monoisotopic (exact) mass is 1210 g/mol. The first-order valence-corrected chi connectivity index (χ1v) is 36.9. The summed E-state index contributed by atoms with van der Waals surface area (Å²) in [6.45, 7) is 3.60. The first-order chi connectivity index (χ1) is 41.8. The van der Waals surface area contributed by atoms with E-state index in [0.717, 1.165) is 77.0 Å². The van der Waals surface area contributed by atoms with E-state index in [-0.39, 0.29) is 32.6 Å². The highest BCUT2D eigenvalue weighted by Crippen LogP contribution is 2.43. The Morgan fingerprint density at radius 1 is 0.365 bits per heavy atom. The maximum Gasteiger partial charge on any atom is 0.472 e. The molecule has 0 spiro atoms. The standard InChI is InChI=1S/C75H132NO8P/c1-3-5-7-9-11-13-15-17-19-21-23-25-27-29-31-33-34-35-36-37-38-40-41-43-45-47-49-51-53-55-57-59-61-63-65-67-74(77)81-71-73(72-83-85(79,80)82-70-69-76)84-75(78)68-66-64-62-60-58-56-54-52-50-48-46-44-42-39-32-30-28-26-24-22-20-18-16-14-12-10-8-6-4-2/h6,8,12,14,18,20,24,26,30,32,42,44,48,50,54,56,60,62,73H,3-5,7,9-11,13,15-17,19,21-23,25,27-29,31,33-41,43,45-47,49,51-53,55,57-59,61,63-72,76H2,1-2H3,(H,79,80)/b8-6-,14-12-,20-18-,26-24-,32-30-,44-42-,50-48-,56-54-,62-60-. The SMILES string of the molecule is CC/C=C\C/C=C\C/C=C\C/C=C\C/C=C\C/C=C\C/C=C\C/C=C\C/C=C\CCCC(=O)OC(COC(=O)CCCCCCCCCCCCCCCCCCCCCCCCCCCCCCCCCCCCC)COP(=O)(O)OCCN. The average Bonchev–Trinajstić information content (AvgIpc) is 3.52. The molecule has 0 aromatic heterocycles. The fraction of sp³-hybridized carbons (Fsp3) is 0.733. The second-order valence-corrected chi connectivity index (χ2v) is 24.8. The van der Waals surface area contributed by atoms with Gasteiger partial charge in [-0.2, -0.15) is 0 Å². The molecule has 0 radical (unpaired) electrons. The molecule has 0 bridgehead atoms. The number of nitrogens with two attached hydrogens (primary N) is 1. The molecule has 3 N–H and O–H groups in total. The first kappa shape index (κ1) is 81.7. The van der Waals surface area contributed by atoms with Crippen molar-refractivity contribution in [3.63, 3.8) is 0 Å². The molecule has 0 aromatic carbocycles. The van der Waals surface area contributed by atoms with E-state index in [1.807, 2.05) is 6.08 Å². The van der Waals surface area contributed by atoms with Crippen LogP contribution in [0.4, 0.5) is 0 Å². The zero-order chi connectivity index (χ0) is 61.6. The Labute approximate surface area is 524 Å². The minimum atomic E-state index is -4.42. The number of esters is 2. The van der Waals surface area contributed by atoms with E-state index in [1.165, 1.54) is 205 Å². The quantitative estimate of drug-likeness (QED) is 0.0264. The van der Waals surface area contributed by atoms with Gasteiger partial charge in [-0.1, -0.05) is 342 Å². The van der Waals surface area contributed by atoms with Crippen LogP contribution in [0.25, 0.3) is 0 Å². The normalized spacial score (nSPS) is 13.6. The fourth-order valence-electron chi connectivity index (χ4n) is 9.99. The molecule has 490 valence electrons. The van der Waals surface area contributed by atoms with Gasteiger partial charge in [-0.3, -0.25) is 18.6 Å². The van der Waals surface area contributed by atoms with E-state index in [2.05, 4.69) is 117 Å². The largest absolute Gasteiger partial charge is 0.472 e. The molecule has 0 aromatic rings. The van der Waals surface area contributed by atoms with Crippen LogP contribution >= 0.6 is 7.82 Å². The van der Waals surface area contributed by atoms with Gasteiger partial charge in [-0.25, -0.2) is 4.57 Å². The van der Waals surface area contributed by atoms with Crippen LogP contribution in [-0.4, -0.2) is 49.3 Å². The third kappa shape index (κ3) is 69.6. The van der Waals surface area contributed by atoms with Gasteiger partial charge in [0.2, 0.25) is 0 Å². The third-order valence-electron chi connectivity index (χ3n) is 15.2. The molecular weight excluding hydrogens is 1070 g/mol. The zero-order valence-corrected chi connectivity index (χ0v) is 56.0. The van der Waals surface area contributed by atoms with E-state index in [4.69, 9.17) is 24.3 Å². The Balaban J connectivity index is 3.93. The molecule has 0 fully saturated rings. The lowest BCUT2D eigenvalue weighted by Crippen LogP contribution is -2.29. The van der Waals surface area contributed by atoms with Crippen molar-refractivity contribution < 1.29 is 37.6 Å². The Morgan fingerprint density at radius 3 is 0.953 bits per heavy atom. The highest BCUT2D eigenvalue weighted by atomic mass is 31.2. The van der Waals surface area contributed by atoms with Gasteiger partial charge in [-0.05, 0) is 77.0 Å². The number of carbonyl (C=O) groups excluding carboxylic acids is 2. The number of phosphoric ester groups is 1. The number of allylic oxidation sites excluding steroid dienone is 18. The zero-order valence-electron chi connectivity index (χ0n) is 55.1. The number of carbonyl (C=O) groups is 2. The molecule has 2 unspecified atom stereocenters. The van der Waals surface area contributed by atoms with Gasteiger partial charge < -0.3 is 20.1 Å². The van der Waals surface area contributed by atoms with Gasteiger partial charge in [-0.15, -0.1) is 0 Å². The van der Waals surface area contributed by atoms with E-state index < -0.39 is 32.5 Å². The molecule has 0 aliphatic carbocycles. The van der Waals surface area contributed by atoms with Crippen LogP contribution in [0.15, 0.2) is 109 Å². The molecule has 0 aliphatic rings. The molecule has 9 nitrogen and oxygen atoms in total. The Hall–Kier alpha value is -3.33. The minimum absolute atomic E-state index is 0.0398. The van der Waals surface area contributed by atoms with Crippen LogP contribution in [0.2, 0.25) is 0 Å². The second-order valence-electron chi connectivity index (χ2n) is 23.4. The van der Waals surface area contributed by atoms with E-state index in [1.54, 1.807) is 0 Å². The van der Waals surface area contributed by atoms with Gasteiger partial charge >= 0.3 is 19.8 Å². The van der Waals surface area contributed by atoms with Crippen molar-refractivity contribution >= 4 is 19.8 Å². The van der Waals surface area contributed by atoms with Gasteiger partial charge in [0, 0.05) is 19.4 Å². The van der Waals surface area contributed by atoms with Crippen molar-refractivity contribution in [1.82, 2.24) is 0 Å². The number of phosphoric acid groups is 1. The van der Waals surface area contributed by atoms with Crippen LogP contribution in [-0.2, 0) is 32.7 Å². The van der Waals surface area contributed by atoms with Crippen LogP contribution < -0.4 is 5.73 Å². The van der Waals surface area contributed by atoms with Crippen molar-refractivity contribution in [2.45, 2.75) is 328 Å². The average molecular weight is 1210 g/mol. The maximum absolute atomic E-state index is 12.7. The summed E-state index contributed by atoms with van der Waals surface area (Å²) in [7, 11) is -4.42. The molecule has 0 amide bonds. The smallest absolute Gasteiger partial charge is 0.462 e. The lowest BCUT2D eigenvalue weighted by molar-refractivity contribution is -0.161. The lowest BCUT2D eigenvalue weighted by Gasteiger charge is -2.19. The summed E-state index contributed by atoms with van der Waals surface area (Å²) in [6, 6.07) is 0. The predicted octanol–water partition coefficient (Wildman–Crippen LogP) is 23.3. The number of hydrogen-bond donors (Lipinski definition) is 2. The Morgan fingerprint density at radius 2 is 0.647 bits per heavy atom. The molecule has 0 rings (SSSR count). The van der Waals surface area contributed by atoms with Crippen LogP contribution in [0.5, 0.6) is 0 Å². The van der Waals surface area contributed by atoms with E-state index >= 15 is 0 Å². The number of ether oxygens (including phenoxy) is 2. The molecular formula is C75H132NO8P. The summed E-state index contributed by atoms with van der Waals surface area (Å²) >= 11 is 0.